The SMILES string of the molecule is O=C(Nc1ccc(Nc2ccccc2)cc1)c1cccnc1. The van der Waals surface area contributed by atoms with E-state index in [4.69, 9.17) is 0 Å². The van der Waals surface area contributed by atoms with E-state index in [9.17, 15) is 4.79 Å². The van der Waals surface area contributed by atoms with E-state index < -0.39 is 0 Å². The Morgan fingerprint density at radius 1 is 0.773 bits per heavy atom. The molecule has 0 aliphatic heterocycles. The molecule has 0 saturated carbocycles. The standard InChI is InChI=1S/C18H15N3O/c22-18(14-5-4-12-19-13-14)21-17-10-8-16(9-11-17)20-15-6-2-1-3-7-15/h1-13,20H,(H,21,22). The van der Waals surface area contributed by atoms with Gasteiger partial charge in [0.25, 0.3) is 5.91 Å². The van der Waals surface area contributed by atoms with Crippen molar-refractivity contribution in [3.63, 3.8) is 0 Å². The van der Waals surface area contributed by atoms with Crippen LogP contribution in [-0.2, 0) is 0 Å². The summed E-state index contributed by atoms with van der Waals surface area (Å²) in [7, 11) is 0. The molecule has 0 bridgehead atoms. The molecule has 0 radical (unpaired) electrons. The van der Waals surface area contributed by atoms with Crippen molar-refractivity contribution in [2.45, 2.75) is 0 Å². The zero-order valence-electron chi connectivity index (χ0n) is 11.9. The largest absolute Gasteiger partial charge is 0.356 e. The summed E-state index contributed by atoms with van der Waals surface area (Å²) in [4.78, 5) is 16.0. The molecule has 0 unspecified atom stereocenters. The molecule has 0 aliphatic rings. The van der Waals surface area contributed by atoms with Crippen molar-refractivity contribution >= 4 is 23.0 Å². The second-order valence-electron chi connectivity index (χ2n) is 4.76. The third-order valence-corrected chi connectivity index (χ3v) is 3.13. The Bertz CT molecular complexity index is 740. The Morgan fingerprint density at radius 2 is 1.45 bits per heavy atom. The number of anilines is 3. The number of carbonyl (C=O) groups excluding carboxylic acids is 1. The maximum atomic E-state index is 12.0. The van der Waals surface area contributed by atoms with Gasteiger partial charge in [0.1, 0.15) is 0 Å². The quantitative estimate of drug-likeness (QED) is 0.761. The predicted octanol–water partition coefficient (Wildman–Crippen LogP) is 4.08. The van der Waals surface area contributed by atoms with E-state index >= 15 is 0 Å². The lowest BCUT2D eigenvalue weighted by Gasteiger charge is -2.08. The van der Waals surface area contributed by atoms with Gasteiger partial charge in [0.05, 0.1) is 5.56 Å². The molecule has 3 rings (SSSR count). The van der Waals surface area contributed by atoms with Crippen LogP contribution in [0, 0.1) is 0 Å². The predicted molar refractivity (Wildman–Crippen MR) is 88.4 cm³/mol. The first-order chi connectivity index (χ1) is 10.8. The van der Waals surface area contributed by atoms with Gasteiger partial charge in [0.2, 0.25) is 0 Å². The Kier molecular flexibility index (Phi) is 4.11. The lowest BCUT2D eigenvalue weighted by Crippen LogP contribution is -2.11. The van der Waals surface area contributed by atoms with Gasteiger partial charge in [-0.2, -0.15) is 0 Å². The zero-order chi connectivity index (χ0) is 15.2. The first-order valence-electron chi connectivity index (χ1n) is 6.95. The number of benzene rings is 2. The van der Waals surface area contributed by atoms with Gasteiger partial charge < -0.3 is 10.6 Å². The molecule has 0 aliphatic carbocycles. The lowest BCUT2D eigenvalue weighted by atomic mass is 10.2. The summed E-state index contributed by atoms with van der Waals surface area (Å²) in [5.41, 5.74) is 3.27. The van der Waals surface area contributed by atoms with Crippen molar-refractivity contribution in [3.05, 3.63) is 84.7 Å². The first-order valence-corrected chi connectivity index (χ1v) is 6.95. The highest BCUT2D eigenvalue weighted by atomic mass is 16.1. The number of nitrogens with zero attached hydrogens (tertiary/aromatic N) is 1. The minimum Gasteiger partial charge on any atom is -0.356 e. The van der Waals surface area contributed by atoms with Crippen LogP contribution >= 0.6 is 0 Å². The van der Waals surface area contributed by atoms with Crippen LogP contribution < -0.4 is 10.6 Å². The maximum Gasteiger partial charge on any atom is 0.257 e. The number of rotatable bonds is 4. The molecule has 1 heterocycles. The van der Waals surface area contributed by atoms with Gasteiger partial charge in [-0.25, -0.2) is 0 Å². The van der Waals surface area contributed by atoms with Gasteiger partial charge in [0.15, 0.2) is 0 Å². The van der Waals surface area contributed by atoms with Gasteiger partial charge in [-0.3, -0.25) is 9.78 Å². The zero-order valence-corrected chi connectivity index (χ0v) is 11.9. The van der Waals surface area contributed by atoms with E-state index in [1.54, 1.807) is 24.5 Å². The number of para-hydroxylation sites is 1. The van der Waals surface area contributed by atoms with Crippen LogP contribution in [-0.4, -0.2) is 10.9 Å². The topological polar surface area (TPSA) is 54.0 Å². The highest BCUT2D eigenvalue weighted by Crippen LogP contribution is 2.19. The average Bonchev–Trinajstić information content (AvgIpc) is 2.58. The molecule has 1 amide bonds. The smallest absolute Gasteiger partial charge is 0.257 e. The van der Waals surface area contributed by atoms with Gasteiger partial charge >= 0.3 is 0 Å². The Hall–Kier alpha value is -3.14. The number of hydrogen-bond acceptors (Lipinski definition) is 3. The van der Waals surface area contributed by atoms with E-state index in [2.05, 4.69) is 15.6 Å². The van der Waals surface area contributed by atoms with E-state index in [0.717, 1.165) is 17.1 Å². The molecule has 1 aromatic heterocycles. The molecule has 108 valence electrons. The number of hydrogen-bond donors (Lipinski definition) is 2. The third kappa shape index (κ3) is 3.49. The molecule has 3 aromatic rings. The monoisotopic (exact) mass is 289 g/mol. The van der Waals surface area contributed by atoms with Gasteiger partial charge in [-0.05, 0) is 48.5 Å². The van der Waals surface area contributed by atoms with E-state index in [1.807, 2.05) is 54.6 Å². The first kappa shape index (κ1) is 13.8. The van der Waals surface area contributed by atoms with Crippen LogP contribution in [0.2, 0.25) is 0 Å². The summed E-state index contributed by atoms with van der Waals surface area (Å²) in [5.74, 6) is -0.170. The van der Waals surface area contributed by atoms with Crippen LogP contribution in [0.5, 0.6) is 0 Å². The number of nitrogens with one attached hydrogen (secondary N) is 2. The van der Waals surface area contributed by atoms with Crippen molar-refractivity contribution in [3.8, 4) is 0 Å². The normalized spacial score (nSPS) is 10.0. The van der Waals surface area contributed by atoms with Crippen LogP contribution in [0.15, 0.2) is 79.1 Å². The van der Waals surface area contributed by atoms with Crippen LogP contribution in [0.4, 0.5) is 17.1 Å². The third-order valence-electron chi connectivity index (χ3n) is 3.13. The van der Waals surface area contributed by atoms with E-state index in [1.165, 1.54) is 0 Å². The van der Waals surface area contributed by atoms with Crippen molar-refractivity contribution in [2.75, 3.05) is 10.6 Å². The minimum absolute atomic E-state index is 0.170. The lowest BCUT2D eigenvalue weighted by molar-refractivity contribution is 0.102. The number of carbonyl (C=O) groups is 1. The molecule has 0 atom stereocenters. The molecule has 2 aromatic carbocycles. The molecule has 0 saturated heterocycles. The summed E-state index contributed by atoms with van der Waals surface area (Å²) < 4.78 is 0. The second-order valence-corrected chi connectivity index (χ2v) is 4.76. The second kappa shape index (κ2) is 6.54. The fourth-order valence-corrected chi connectivity index (χ4v) is 2.03. The van der Waals surface area contributed by atoms with Gasteiger partial charge in [0, 0.05) is 29.5 Å². The molecule has 22 heavy (non-hydrogen) atoms. The number of pyridine rings is 1. The van der Waals surface area contributed by atoms with E-state index in [0.29, 0.717) is 5.56 Å². The summed E-state index contributed by atoms with van der Waals surface area (Å²) >= 11 is 0. The summed E-state index contributed by atoms with van der Waals surface area (Å²) in [6.07, 6.45) is 3.18. The van der Waals surface area contributed by atoms with Gasteiger partial charge in [-0.15, -0.1) is 0 Å². The molecule has 0 fully saturated rings. The van der Waals surface area contributed by atoms with Crippen molar-refractivity contribution < 1.29 is 4.79 Å². The molecule has 4 heteroatoms. The van der Waals surface area contributed by atoms with Crippen molar-refractivity contribution in [1.82, 2.24) is 4.98 Å². The minimum atomic E-state index is -0.170. The molecule has 4 nitrogen and oxygen atoms in total. The molecule has 0 spiro atoms. The molecule has 2 N–H and O–H groups in total. The Morgan fingerprint density at radius 3 is 2.14 bits per heavy atom. The summed E-state index contributed by atoms with van der Waals surface area (Å²) in [6, 6.07) is 21.0. The van der Waals surface area contributed by atoms with Crippen LogP contribution in [0.25, 0.3) is 0 Å². The fraction of sp³-hybridized carbons (Fsp3) is 0. The Balaban J connectivity index is 1.66. The number of aromatic nitrogens is 1. The summed E-state index contributed by atoms with van der Waals surface area (Å²) in [5, 5.41) is 6.14. The number of amides is 1. The average molecular weight is 289 g/mol. The van der Waals surface area contributed by atoms with Crippen LogP contribution in [0.3, 0.4) is 0 Å². The highest BCUT2D eigenvalue weighted by molar-refractivity contribution is 6.04. The van der Waals surface area contributed by atoms with E-state index in [-0.39, 0.29) is 5.91 Å². The van der Waals surface area contributed by atoms with Crippen LogP contribution in [0.1, 0.15) is 10.4 Å². The van der Waals surface area contributed by atoms with Crippen molar-refractivity contribution in [1.29, 1.82) is 0 Å². The van der Waals surface area contributed by atoms with Gasteiger partial charge in [-0.1, -0.05) is 18.2 Å². The fourth-order valence-electron chi connectivity index (χ4n) is 2.03. The highest BCUT2D eigenvalue weighted by Gasteiger charge is 2.05. The maximum absolute atomic E-state index is 12.0. The molecular weight excluding hydrogens is 274 g/mol. The van der Waals surface area contributed by atoms with Crippen molar-refractivity contribution in [2.24, 2.45) is 0 Å². The molecular formula is C18H15N3O. The Labute approximate surface area is 128 Å². The summed E-state index contributed by atoms with van der Waals surface area (Å²) in [6.45, 7) is 0.